The fourth-order valence-electron chi connectivity index (χ4n) is 6.49. The van der Waals surface area contributed by atoms with E-state index in [1.165, 1.54) is 28.2 Å². The lowest BCUT2D eigenvalue weighted by molar-refractivity contribution is 0.107. The van der Waals surface area contributed by atoms with Gasteiger partial charge in [0.05, 0.1) is 34.5 Å². The minimum Gasteiger partial charge on any atom is -0.257 e. The first kappa shape index (κ1) is 29.0. The second-order valence-corrected chi connectivity index (χ2v) is 13.6. The molecule has 4 atom stereocenters. The summed E-state index contributed by atoms with van der Waals surface area (Å²) in [5, 5.41) is 42.7. The Bertz CT molecular complexity index is 1740. The molecule has 0 aromatic heterocycles. The largest absolute Gasteiger partial charge is 0.265 e. The van der Waals surface area contributed by atoms with Crippen molar-refractivity contribution in [3.05, 3.63) is 114 Å². The molecule has 0 amide bonds. The molecule has 3 aromatic carbocycles. The van der Waals surface area contributed by atoms with Gasteiger partial charge < -0.3 is 0 Å². The Morgan fingerprint density at radius 1 is 0.786 bits per heavy atom. The van der Waals surface area contributed by atoms with E-state index >= 15 is 0 Å². The van der Waals surface area contributed by atoms with Crippen molar-refractivity contribution < 1.29 is 8.42 Å². The molecule has 0 spiro atoms. The number of sulfonamides is 1. The molecule has 3 aromatic rings. The standard InChI is InChI=1S/C33H27N5O2S2/c1-2-41-30-18-27(24-12-6-3-7-13-24)31-29(38(30)42(39,40)26-16-10-5-11-17-26)19-28(25-14-8-4-9-15-25)32(20-34,21-35)33(31,22-36)23-37/h3-17,19,27-28,30-31H,2,18H2,1H3/t27-,28-,30-,31-/m1/s1. The number of allylic oxidation sites excluding steroid dienone is 2. The Balaban J connectivity index is 1.91. The first-order chi connectivity index (χ1) is 20.3. The highest BCUT2D eigenvalue weighted by Gasteiger charge is 2.69. The Morgan fingerprint density at radius 2 is 1.29 bits per heavy atom. The molecule has 0 unspecified atom stereocenters. The number of hydrogen-bond donors (Lipinski definition) is 0. The highest BCUT2D eigenvalue weighted by molar-refractivity contribution is 8.00. The van der Waals surface area contributed by atoms with E-state index in [1.807, 2.05) is 37.3 Å². The van der Waals surface area contributed by atoms with Gasteiger partial charge in [-0.15, -0.1) is 11.8 Å². The predicted molar refractivity (Wildman–Crippen MR) is 159 cm³/mol. The molecule has 1 fully saturated rings. The second kappa shape index (κ2) is 11.4. The lowest BCUT2D eigenvalue weighted by Crippen LogP contribution is -2.59. The van der Waals surface area contributed by atoms with Gasteiger partial charge in [-0.05, 0) is 41.4 Å². The topological polar surface area (TPSA) is 133 Å². The predicted octanol–water partition coefficient (Wildman–Crippen LogP) is 6.31. The van der Waals surface area contributed by atoms with Gasteiger partial charge in [-0.2, -0.15) is 21.0 Å². The fourth-order valence-corrected chi connectivity index (χ4v) is 9.57. The molecule has 42 heavy (non-hydrogen) atoms. The van der Waals surface area contributed by atoms with Crippen LogP contribution in [-0.4, -0.2) is 23.8 Å². The number of hydrogen-bond acceptors (Lipinski definition) is 7. The number of rotatable bonds is 6. The Hall–Kier alpha value is -4.54. The van der Waals surface area contributed by atoms with Crippen molar-refractivity contribution in [3.63, 3.8) is 0 Å². The average molecular weight is 590 g/mol. The molecule has 1 saturated heterocycles. The van der Waals surface area contributed by atoms with Crippen LogP contribution in [0.15, 0.2) is 108 Å². The number of thioether (sulfide) groups is 1. The van der Waals surface area contributed by atoms with E-state index < -0.39 is 44.0 Å². The zero-order valence-electron chi connectivity index (χ0n) is 22.8. The van der Waals surface area contributed by atoms with E-state index in [-0.39, 0.29) is 17.0 Å². The molecule has 7 nitrogen and oxygen atoms in total. The van der Waals surface area contributed by atoms with Crippen molar-refractivity contribution in [1.82, 2.24) is 4.31 Å². The van der Waals surface area contributed by atoms with Crippen LogP contribution in [0.1, 0.15) is 36.3 Å². The number of nitriles is 4. The number of fused-ring (bicyclic) bond motifs is 1. The molecule has 5 rings (SSSR count). The first-order valence-corrected chi connectivity index (χ1v) is 16.0. The maximum absolute atomic E-state index is 14.5. The molecule has 1 heterocycles. The molecule has 0 radical (unpaired) electrons. The van der Waals surface area contributed by atoms with Crippen molar-refractivity contribution >= 4 is 21.8 Å². The van der Waals surface area contributed by atoms with E-state index in [4.69, 9.17) is 0 Å². The van der Waals surface area contributed by atoms with E-state index in [9.17, 15) is 29.5 Å². The van der Waals surface area contributed by atoms with Crippen LogP contribution in [0.5, 0.6) is 0 Å². The summed E-state index contributed by atoms with van der Waals surface area (Å²) in [6.45, 7) is 1.95. The molecular formula is C33H27N5O2S2. The molecule has 0 N–H and O–H groups in total. The maximum Gasteiger partial charge on any atom is 0.265 e. The van der Waals surface area contributed by atoms with Crippen LogP contribution in [0.3, 0.4) is 0 Å². The normalized spacial score (nSPS) is 24.0. The molecule has 2 aliphatic rings. The summed E-state index contributed by atoms with van der Waals surface area (Å²) < 4.78 is 30.3. The van der Waals surface area contributed by atoms with Crippen molar-refractivity contribution in [2.45, 2.75) is 35.4 Å². The first-order valence-electron chi connectivity index (χ1n) is 13.5. The van der Waals surface area contributed by atoms with E-state index in [2.05, 4.69) is 24.3 Å². The summed E-state index contributed by atoms with van der Waals surface area (Å²) in [5.74, 6) is -2.02. The summed E-state index contributed by atoms with van der Waals surface area (Å²) in [4.78, 5) is 0.0812. The van der Waals surface area contributed by atoms with Gasteiger partial charge in [0, 0.05) is 17.5 Å². The molecule has 208 valence electrons. The number of benzene rings is 3. The smallest absolute Gasteiger partial charge is 0.257 e. The minimum absolute atomic E-state index is 0.0812. The van der Waals surface area contributed by atoms with Crippen LogP contribution >= 0.6 is 11.8 Å². The minimum atomic E-state index is -4.17. The average Bonchev–Trinajstić information content (AvgIpc) is 3.04. The Labute approximate surface area is 251 Å². The lowest BCUT2D eigenvalue weighted by Gasteiger charge is -2.55. The molecule has 0 saturated carbocycles. The van der Waals surface area contributed by atoms with Gasteiger partial charge in [0.1, 0.15) is 0 Å². The monoisotopic (exact) mass is 589 g/mol. The molecule has 9 heteroatoms. The summed E-state index contributed by atoms with van der Waals surface area (Å²) in [6.07, 6.45) is 1.95. The lowest BCUT2D eigenvalue weighted by atomic mass is 9.47. The van der Waals surface area contributed by atoms with Gasteiger partial charge in [0.15, 0.2) is 10.8 Å². The van der Waals surface area contributed by atoms with Crippen LogP contribution in [0, 0.1) is 62.1 Å². The molecule has 1 aliphatic carbocycles. The molecular weight excluding hydrogens is 563 g/mol. The van der Waals surface area contributed by atoms with Crippen molar-refractivity contribution in [2.24, 2.45) is 16.7 Å². The summed E-state index contributed by atoms with van der Waals surface area (Å²) in [6, 6.07) is 34.7. The highest BCUT2D eigenvalue weighted by atomic mass is 32.2. The van der Waals surface area contributed by atoms with Crippen LogP contribution < -0.4 is 0 Å². The summed E-state index contributed by atoms with van der Waals surface area (Å²) in [5.41, 5.74) is -2.70. The third-order valence-electron chi connectivity index (χ3n) is 8.34. The SMILES string of the molecule is CCS[C@@H]1C[C@H](c2ccccc2)[C@@H]2C(=C[C@H](c3ccccc3)C(C#N)(C#N)C2(C#N)C#N)N1S(=O)(=O)c1ccccc1. The van der Waals surface area contributed by atoms with Crippen LogP contribution in [0.2, 0.25) is 0 Å². The van der Waals surface area contributed by atoms with Gasteiger partial charge in [-0.3, -0.25) is 4.31 Å². The molecule has 1 aliphatic heterocycles. The van der Waals surface area contributed by atoms with Gasteiger partial charge in [-0.25, -0.2) is 8.42 Å². The Morgan fingerprint density at radius 3 is 1.79 bits per heavy atom. The third kappa shape index (κ3) is 4.26. The quantitative estimate of drug-likeness (QED) is 0.329. The Kier molecular flexibility index (Phi) is 7.85. The zero-order valence-corrected chi connectivity index (χ0v) is 24.5. The van der Waals surface area contributed by atoms with Gasteiger partial charge in [-0.1, -0.05) is 91.9 Å². The second-order valence-electron chi connectivity index (χ2n) is 10.3. The maximum atomic E-state index is 14.5. The van der Waals surface area contributed by atoms with E-state index in [1.54, 1.807) is 54.6 Å². The zero-order chi connectivity index (χ0) is 30.0. The highest BCUT2D eigenvalue weighted by Crippen LogP contribution is 2.65. The van der Waals surface area contributed by atoms with E-state index in [0.717, 1.165) is 5.56 Å². The van der Waals surface area contributed by atoms with E-state index in [0.29, 0.717) is 11.3 Å². The summed E-state index contributed by atoms with van der Waals surface area (Å²) >= 11 is 1.47. The van der Waals surface area contributed by atoms with Crippen molar-refractivity contribution in [1.29, 1.82) is 21.0 Å². The van der Waals surface area contributed by atoms with Crippen LogP contribution in [0.25, 0.3) is 0 Å². The van der Waals surface area contributed by atoms with Crippen molar-refractivity contribution in [3.8, 4) is 24.3 Å². The van der Waals surface area contributed by atoms with Crippen LogP contribution in [0.4, 0.5) is 0 Å². The fraction of sp³-hybridized carbons (Fsp3) is 0.273. The van der Waals surface area contributed by atoms with Crippen LogP contribution in [-0.2, 0) is 10.0 Å². The van der Waals surface area contributed by atoms with Gasteiger partial charge in [0.25, 0.3) is 10.0 Å². The third-order valence-corrected chi connectivity index (χ3v) is 11.4. The molecule has 0 bridgehead atoms. The number of nitrogens with zero attached hydrogens (tertiary/aromatic N) is 5. The summed E-state index contributed by atoms with van der Waals surface area (Å²) in [7, 11) is -4.17. The number of piperidine rings is 1. The van der Waals surface area contributed by atoms with Crippen molar-refractivity contribution in [2.75, 3.05) is 5.75 Å². The van der Waals surface area contributed by atoms with Gasteiger partial charge in [0.2, 0.25) is 0 Å². The van der Waals surface area contributed by atoms with Gasteiger partial charge >= 0.3 is 0 Å².